The molecule has 26 heavy (non-hydrogen) atoms. The van der Waals surface area contributed by atoms with Gasteiger partial charge in [-0.25, -0.2) is 4.98 Å². The number of fused-ring (bicyclic) bond motifs is 2. The van der Waals surface area contributed by atoms with Gasteiger partial charge in [0.1, 0.15) is 11.5 Å². The number of pyridine rings is 1. The summed E-state index contributed by atoms with van der Waals surface area (Å²) < 4.78 is 2.21. The van der Waals surface area contributed by atoms with Crippen molar-refractivity contribution in [2.24, 2.45) is 0 Å². The van der Waals surface area contributed by atoms with E-state index in [0.717, 1.165) is 35.8 Å². The van der Waals surface area contributed by atoms with Crippen LogP contribution in [-0.4, -0.2) is 19.5 Å². The highest BCUT2D eigenvalue weighted by Crippen LogP contribution is 2.42. The molecule has 1 aromatic carbocycles. The van der Waals surface area contributed by atoms with E-state index in [1.54, 1.807) is 0 Å². The maximum atomic E-state index is 6.02. The first-order valence-corrected chi connectivity index (χ1v) is 9.21. The molecule has 1 fully saturated rings. The van der Waals surface area contributed by atoms with Gasteiger partial charge in [0, 0.05) is 23.8 Å². The summed E-state index contributed by atoms with van der Waals surface area (Å²) in [6.07, 6.45) is 7.24. The fourth-order valence-corrected chi connectivity index (χ4v) is 4.35. The van der Waals surface area contributed by atoms with Crippen LogP contribution >= 0.6 is 11.6 Å². The van der Waals surface area contributed by atoms with Crippen molar-refractivity contribution in [2.45, 2.75) is 31.2 Å². The molecule has 1 saturated carbocycles. The quantitative estimate of drug-likeness (QED) is 0.523. The first-order chi connectivity index (χ1) is 12.7. The Morgan fingerprint density at radius 3 is 2.96 bits per heavy atom. The number of benzene rings is 1. The van der Waals surface area contributed by atoms with Gasteiger partial charge < -0.3 is 10.3 Å². The number of rotatable bonds is 2. The Labute approximate surface area is 155 Å². The molecule has 0 aliphatic heterocycles. The first kappa shape index (κ1) is 15.6. The number of hydrogen-bond acceptors (Lipinski definition) is 4. The maximum absolute atomic E-state index is 6.02. The Kier molecular flexibility index (Phi) is 3.57. The topological polar surface area (TPSA) is 69.6 Å². The Hall–Kier alpha value is -2.66. The van der Waals surface area contributed by atoms with Gasteiger partial charge in [-0.05, 0) is 60.5 Å². The van der Waals surface area contributed by atoms with Crippen LogP contribution in [0.1, 0.15) is 36.8 Å². The van der Waals surface area contributed by atoms with Crippen molar-refractivity contribution in [3.8, 4) is 0 Å². The Balaban J connectivity index is 1.47. The minimum Gasteiger partial charge on any atom is -0.383 e. The summed E-state index contributed by atoms with van der Waals surface area (Å²) in [5.41, 5.74) is 9.24. The first-order valence-electron chi connectivity index (χ1n) is 8.83. The second-order valence-corrected chi connectivity index (χ2v) is 7.30. The lowest BCUT2D eigenvalue weighted by molar-refractivity contribution is 0.523. The fourth-order valence-electron chi connectivity index (χ4n) is 4.17. The Morgan fingerprint density at radius 1 is 1.12 bits per heavy atom. The number of aromatic nitrogens is 4. The van der Waals surface area contributed by atoms with Gasteiger partial charge in [0.15, 0.2) is 0 Å². The fraction of sp³-hybridized carbons (Fsp3) is 0.250. The standard InChI is InChI=1S/C20H18ClN5/c21-20-24-18(22)16-7-9-26(19(16)25-20)15-6-5-13(10-15)14-4-3-12-2-1-8-23-17(12)11-14/h1-4,7-9,11,13,15H,5-6,10H2,(H2,22,24,25). The van der Waals surface area contributed by atoms with Crippen molar-refractivity contribution in [3.63, 3.8) is 0 Å². The molecule has 3 aromatic heterocycles. The zero-order chi connectivity index (χ0) is 17.7. The van der Waals surface area contributed by atoms with E-state index < -0.39 is 0 Å². The van der Waals surface area contributed by atoms with Crippen LogP contribution in [0.5, 0.6) is 0 Å². The van der Waals surface area contributed by atoms with Crippen molar-refractivity contribution in [3.05, 3.63) is 59.6 Å². The Morgan fingerprint density at radius 2 is 2.04 bits per heavy atom. The zero-order valence-corrected chi connectivity index (χ0v) is 14.9. The van der Waals surface area contributed by atoms with Crippen LogP contribution in [0, 0.1) is 0 Å². The molecule has 5 rings (SSSR count). The molecular weight excluding hydrogens is 346 g/mol. The lowest BCUT2D eigenvalue weighted by Crippen LogP contribution is -2.06. The summed E-state index contributed by atoms with van der Waals surface area (Å²) >= 11 is 6.02. The van der Waals surface area contributed by atoms with Crippen LogP contribution in [0.4, 0.5) is 5.82 Å². The van der Waals surface area contributed by atoms with Crippen LogP contribution in [0.2, 0.25) is 5.28 Å². The van der Waals surface area contributed by atoms with Gasteiger partial charge in [-0.2, -0.15) is 4.98 Å². The average molecular weight is 364 g/mol. The SMILES string of the molecule is Nc1nc(Cl)nc2c1ccn2C1CCC(c2ccc3cccnc3c2)C1. The third-order valence-electron chi connectivity index (χ3n) is 5.47. The molecule has 0 radical (unpaired) electrons. The smallest absolute Gasteiger partial charge is 0.226 e. The normalized spacial score (nSPS) is 20.2. The molecule has 5 nitrogen and oxygen atoms in total. The van der Waals surface area contributed by atoms with Gasteiger partial charge in [-0.1, -0.05) is 18.2 Å². The molecule has 6 heteroatoms. The number of hydrogen-bond donors (Lipinski definition) is 1. The van der Waals surface area contributed by atoms with Crippen molar-refractivity contribution in [2.75, 3.05) is 5.73 Å². The molecule has 4 aromatic rings. The summed E-state index contributed by atoms with van der Waals surface area (Å²) in [7, 11) is 0. The maximum Gasteiger partial charge on any atom is 0.226 e. The van der Waals surface area contributed by atoms with Crippen LogP contribution in [0.25, 0.3) is 21.9 Å². The minimum absolute atomic E-state index is 0.199. The van der Waals surface area contributed by atoms with Crippen LogP contribution in [0.3, 0.4) is 0 Å². The third-order valence-corrected chi connectivity index (χ3v) is 5.64. The molecule has 2 N–H and O–H groups in total. The van der Waals surface area contributed by atoms with Crippen LogP contribution in [-0.2, 0) is 0 Å². The van der Waals surface area contributed by atoms with E-state index in [-0.39, 0.29) is 5.28 Å². The van der Waals surface area contributed by atoms with Crippen molar-refractivity contribution < 1.29 is 0 Å². The molecule has 0 amide bonds. The highest BCUT2D eigenvalue weighted by atomic mass is 35.5. The van der Waals surface area contributed by atoms with Gasteiger partial charge in [-0.15, -0.1) is 0 Å². The largest absolute Gasteiger partial charge is 0.383 e. The third kappa shape index (κ3) is 2.51. The van der Waals surface area contributed by atoms with Gasteiger partial charge in [-0.3, -0.25) is 4.98 Å². The van der Waals surface area contributed by atoms with Crippen molar-refractivity contribution in [1.82, 2.24) is 19.5 Å². The highest BCUT2D eigenvalue weighted by molar-refractivity contribution is 6.28. The summed E-state index contributed by atoms with van der Waals surface area (Å²) in [6.45, 7) is 0. The Bertz CT molecular complexity index is 1120. The van der Waals surface area contributed by atoms with Gasteiger partial charge in [0.05, 0.1) is 10.9 Å². The number of nitrogens with zero attached hydrogens (tertiary/aromatic N) is 4. The second-order valence-electron chi connectivity index (χ2n) is 6.96. The summed E-state index contributed by atoms with van der Waals surface area (Å²) in [4.78, 5) is 12.9. The molecule has 0 bridgehead atoms. The molecule has 1 aliphatic rings. The van der Waals surface area contributed by atoms with Gasteiger partial charge in [0.2, 0.25) is 5.28 Å². The summed E-state index contributed by atoms with van der Waals surface area (Å²) in [5, 5.41) is 2.25. The molecule has 2 unspecified atom stereocenters. The second kappa shape index (κ2) is 5.95. The summed E-state index contributed by atoms with van der Waals surface area (Å²) in [6, 6.07) is 13.1. The predicted octanol–water partition coefficient (Wildman–Crippen LogP) is 4.72. The molecule has 0 saturated heterocycles. The van der Waals surface area contributed by atoms with E-state index in [1.165, 1.54) is 10.9 Å². The van der Waals surface area contributed by atoms with Gasteiger partial charge in [0.25, 0.3) is 0 Å². The van der Waals surface area contributed by atoms with E-state index in [2.05, 4.69) is 50.0 Å². The van der Waals surface area contributed by atoms with Crippen LogP contribution < -0.4 is 5.73 Å². The van der Waals surface area contributed by atoms with E-state index in [4.69, 9.17) is 17.3 Å². The molecule has 0 spiro atoms. The highest BCUT2D eigenvalue weighted by Gasteiger charge is 2.28. The van der Waals surface area contributed by atoms with E-state index in [1.807, 2.05) is 18.3 Å². The molecule has 3 heterocycles. The van der Waals surface area contributed by atoms with Crippen molar-refractivity contribution in [1.29, 1.82) is 0 Å². The number of halogens is 1. The average Bonchev–Trinajstić information content (AvgIpc) is 3.28. The monoisotopic (exact) mass is 363 g/mol. The van der Waals surface area contributed by atoms with E-state index in [9.17, 15) is 0 Å². The number of anilines is 1. The van der Waals surface area contributed by atoms with Crippen molar-refractivity contribution >= 4 is 39.4 Å². The molecule has 2 atom stereocenters. The molecule has 1 aliphatic carbocycles. The van der Waals surface area contributed by atoms with Crippen LogP contribution in [0.15, 0.2) is 48.8 Å². The molecule has 130 valence electrons. The van der Waals surface area contributed by atoms with E-state index in [0.29, 0.717) is 17.8 Å². The number of nitrogen functional groups attached to an aromatic ring is 1. The summed E-state index contributed by atoms with van der Waals surface area (Å²) in [5.74, 6) is 0.965. The minimum atomic E-state index is 0.199. The molecular formula is C20H18ClN5. The number of nitrogens with two attached hydrogens (primary N) is 1. The predicted molar refractivity (Wildman–Crippen MR) is 104 cm³/mol. The van der Waals surface area contributed by atoms with Gasteiger partial charge >= 0.3 is 0 Å². The zero-order valence-electron chi connectivity index (χ0n) is 14.1. The lowest BCUT2D eigenvalue weighted by Gasteiger charge is -2.15. The van der Waals surface area contributed by atoms with E-state index >= 15 is 0 Å². The lowest BCUT2D eigenvalue weighted by atomic mass is 9.96.